The molecule has 25 heavy (non-hydrogen) atoms. The quantitative estimate of drug-likeness (QED) is 0.792. The van der Waals surface area contributed by atoms with Crippen molar-refractivity contribution in [1.82, 2.24) is 4.98 Å². The highest BCUT2D eigenvalue weighted by atomic mass is 19.1. The normalized spacial score (nSPS) is 17.4. The van der Waals surface area contributed by atoms with Gasteiger partial charge < -0.3 is 14.4 Å². The number of oxazole rings is 1. The van der Waals surface area contributed by atoms with Gasteiger partial charge in [0.2, 0.25) is 11.8 Å². The van der Waals surface area contributed by atoms with Crippen molar-refractivity contribution >= 4 is 28.7 Å². The van der Waals surface area contributed by atoms with E-state index >= 15 is 0 Å². The standard InChI is InChI=1S/C18H13FN2O4/c19-12-3-1-10(2-4-12)17-20-14-8-13(5-6-15(14)25-17)21-9-11(18(23)24)7-16(21)22/h1-6,8,11H,7,9H2,(H,23,24)/t11-/m1/s1. The molecule has 0 spiro atoms. The second-order valence-corrected chi connectivity index (χ2v) is 5.92. The third kappa shape index (κ3) is 2.73. The van der Waals surface area contributed by atoms with E-state index in [9.17, 15) is 14.0 Å². The van der Waals surface area contributed by atoms with Crippen LogP contribution in [0.5, 0.6) is 0 Å². The Morgan fingerprint density at radius 1 is 1.24 bits per heavy atom. The molecule has 1 atom stereocenters. The van der Waals surface area contributed by atoms with E-state index in [1.54, 1.807) is 30.3 Å². The summed E-state index contributed by atoms with van der Waals surface area (Å²) in [6, 6.07) is 10.9. The van der Waals surface area contributed by atoms with Crippen molar-refractivity contribution in [1.29, 1.82) is 0 Å². The minimum atomic E-state index is -0.975. The first kappa shape index (κ1) is 15.3. The summed E-state index contributed by atoms with van der Waals surface area (Å²) < 4.78 is 18.7. The molecular formula is C18H13FN2O4. The summed E-state index contributed by atoms with van der Waals surface area (Å²) in [5.74, 6) is -1.90. The van der Waals surface area contributed by atoms with E-state index in [1.807, 2.05) is 0 Å². The first-order valence-electron chi connectivity index (χ1n) is 7.71. The molecule has 0 bridgehead atoms. The second-order valence-electron chi connectivity index (χ2n) is 5.92. The smallest absolute Gasteiger partial charge is 0.308 e. The number of fused-ring (bicyclic) bond motifs is 1. The number of carbonyl (C=O) groups excluding carboxylic acids is 1. The molecule has 0 saturated carbocycles. The number of carbonyl (C=O) groups is 2. The number of nitrogens with zero attached hydrogens (tertiary/aromatic N) is 2. The predicted molar refractivity (Wildman–Crippen MR) is 87.5 cm³/mol. The van der Waals surface area contributed by atoms with Gasteiger partial charge in [-0.15, -0.1) is 0 Å². The Kier molecular flexibility index (Phi) is 3.49. The maximum Gasteiger partial charge on any atom is 0.308 e. The van der Waals surface area contributed by atoms with E-state index in [4.69, 9.17) is 9.52 Å². The number of aliphatic carboxylic acids is 1. The summed E-state index contributed by atoms with van der Waals surface area (Å²) in [6.07, 6.45) is -0.00693. The number of amides is 1. The highest BCUT2D eigenvalue weighted by molar-refractivity contribution is 6.00. The number of carboxylic acids is 1. The van der Waals surface area contributed by atoms with Gasteiger partial charge in [0.05, 0.1) is 5.92 Å². The molecule has 1 aromatic heterocycles. The van der Waals surface area contributed by atoms with Gasteiger partial charge in [-0.2, -0.15) is 0 Å². The van der Waals surface area contributed by atoms with Crippen LogP contribution >= 0.6 is 0 Å². The minimum absolute atomic E-state index is 0.00693. The monoisotopic (exact) mass is 340 g/mol. The molecule has 3 aromatic rings. The van der Waals surface area contributed by atoms with Gasteiger partial charge in [-0.1, -0.05) is 0 Å². The van der Waals surface area contributed by atoms with Crippen molar-refractivity contribution in [2.24, 2.45) is 5.92 Å². The number of rotatable bonds is 3. The highest BCUT2D eigenvalue weighted by Crippen LogP contribution is 2.30. The molecule has 4 rings (SSSR count). The molecule has 2 heterocycles. The first-order valence-corrected chi connectivity index (χ1v) is 7.71. The Labute approximate surface area is 141 Å². The van der Waals surface area contributed by atoms with E-state index in [1.165, 1.54) is 17.0 Å². The van der Waals surface area contributed by atoms with Crippen LogP contribution in [-0.2, 0) is 9.59 Å². The second kappa shape index (κ2) is 5.70. The lowest BCUT2D eigenvalue weighted by atomic mass is 10.1. The van der Waals surface area contributed by atoms with Crippen molar-refractivity contribution in [3.05, 3.63) is 48.3 Å². The van der Waals surface area contributed by atoms with Gasteiger partial charge in [0, 0.05) is 24.2 Å². The molecule has 0 radical (unpaired) electrons. The van der Waals surface area contributed by atoms with Crippen LogP contribution in [0.2, 0.25) is 0 Å². The molecule has 7 heteroatoms. The predicted octanol–water partition coefficient (Wildman–Crippen LogP) is 3.07. The lowest BCUT2D eigenvalue weighted by molar-refractivity contribution is -0.141. The van der Waals surface area contributed by atoms with Gasteiger partial charge in [-0.05, 0) is 42.5 Å². The molecule has 1 aliphatic heterocycles. The number of aromatic nitrogens is 1. The van der Waals surface area contributed by atoms with Crippen LogP contribution in [0, 0.1) is 11.7 Å². The SMILES string of the molecule is O=C(O)[C@@H]1CC(=O)N(c2ccc3oc(-c4ccc(F)cc4)nc3c2)C1. The maximum atomic E-state index is 13.0. The third-order valence-electron chi connectivity index (χ3n) is 4.25. The Balaban J connectivity index is 1.68. The lowest BCUT2D eigenvalue weighted by Crippen LogP contribution is -2.25. The number of carboxylic acid groups (broad SMARTS) is 1. The van der Waals surface area contributed by atoms with Gasteiger partial charge in [-0.3, -0.25) is 9.59 Å². The van der Waals surface area contributed by atoms with Gasteiger partial charge in [0.25, 0.3) is 0 Å². The molecule has 1 N–H and O–H groups in total. The summed E-state index contributed by atoms with van der Waals surface area (Å²) in [5.41, 5.74) is 2.30. The zero-order valence-corrected chi connectivity index (χ0v) is 13.0. The van der Waals surface area contributed by atoms with E-state index in [2.05, 4.69) is 4.98 Å². The summed E-state index contributed by atoms with van der Waals surface area (Å²) in [7, 11) is 0. The Morgan fingerprint density at radius 2 is 2.00 bits per heavy atom. The van der Waals surface area contributed by atoms with Crippen LogP contribution in [0.3, 0.4) is 0 Å². The minimum Gasteiger partial charge on any atom is -0.481 e. The van der Waals surface area contributed by atoms with Crippen molar-refractivity contribution < 1.29 is 23.5 Å². The van der Waals surface area contributed by atoms with Crippen molar-refractivity contribution in [3.63, 3.8) is 0 Å². The van der Waals surface area contributed by atoms with E-state index in [0.717, 1.165) is 0 Å². The van der Waals surface area contributed by atoms with Crippen LogP contribution in [0.15, 0.2) is 46.9 Å². The highest BCUT2D eigenvalue weighted by Gasteiger charge is 2.35. The molecule has 1 saturated heterocycles. The molecule has 1 aliphatic rings. The van der Waals surface area contributed by atoms with E-state index in [-0.39, 0.29) is 24.7 Å². The first-order chi connectivity index (χ1) is 12.0. The van der Waals surface area contributed by atoms with Crippen molar-refractivity contribution in [2.75, 3.05) is 11.4 Å². The molecule has 1 fully saturated rings. The molecule has 6 nitrogen and oxygen atoms in total. The average molecular weight is 340 g/mol. The maximum absolute atomic E-state index is 13.0. The molecular weight excluding hydrogens is 327 g/mol. The Bertz CT molecular complexity index is 980. The Morgan fingerprint density at radius 3 is 2.68 bits per heavy atom. The number of anilines is 1. The van der Waals surface area contributed by atoms with Crippen LogP contribution in [0.25, 0.3) is 22.6 Å². The summed E-state index contributed by atoms with van der Waals surface area (Å²) in [6.45, 7) is 0.141. The topological polar surface area (TPSA) is 83.6 Å². The number of benzene rings is 2. The summed E-state index contributed by atoms with van der Waals surface area (Å²) >= 11 is 0. The molecule has 0 aliphatic carbocycles. The molecule has 126 valence electrons. The molecule has 0 unspecified atom stereocenters. The fraction of sp³-hybridized carbons (Fsp3) is 0.167. The summed E-state index contributed by atoms with van der Waals surface area (Å²) in [5, 5.41) is 9.08. The number of hydrogen-bond acceptors (Lipinski definition) is 4. The van der Waals surface area contributed by atoms with Crippen LogP contribution in [0.4, 0.5) is 10.1 Å². The van der Waals surface area contributed by atoms with Crippen LogP contribution in [0.1, 0.15) is 6.42 Å². The van der Waals surface area contributed by atoms with Crippen LogP contribution in [-0.4, -0.2) is 28.5 Å². The lowest BCUT2D eigenvalue weighted by Gasteiger charge is -2.15. The largest absolute Gasteiger partial charge is 0.481 e. The van der Waals surface area contributed by atoms with E-state index < -0.39 is 11.9 Å². The molecule has 1 amide bonds. The van der Waals surface area contributed by atoms with Crippen molar-refractivity contribution in [2.45, 2.75) is 6.42 Å². The summed E-state index contributed by atoms with van der Waals surface area (Å²) in [4.78, 5) is 29.0. The number of hydrogen-bond donors (Lipinski definition) is 1. The zero-order chi connectivity index (χ0) is 17.6. The fourth-order valence-corrected chi connectivity index (χ4v) is 2.92. The van der Waals surface area contributed by atoms with Crippen molar-refractivity contribution in [3.8, 4) is 11.5 Å². The Hall–Kier alpha value is -3.22. The van der Waals surface area contributed by atoms with Gasteiger partial charge >= 0.3 is 5.97 Å². The average Bonchev–Trinajstić information content (AvgIpc) is 3.18. The fourth-order valence-electron chi connectivity index (χ4n) is 2.92. The third-order valence-corrected chi connectivity index (χ3v) is 4.25. The van der Waals surface area contributed by atoms with E-state index in [0.29, 0.717) is 28.2 Å². The van der Waals surface area contributed by atoms with Gasteiger partial charge in [-0.25, -0.2) is 9.37 Å². The zero-order valence-electron chi connectivity index (χ0n) is 13.0. The molecule has 2 aromatic carbocycles. The number of halogens is 1. The van der Waals surface area contributed by atoms with Gasteiger partial charge in [0.15, 0.2) is 5.58 Å². The van der Waals surface area contributed by atoms with Crippen LogP contribution < -0.4 is 4.90 Å². The van der Waals surface area contributed by atoms with Gasteiger partial charge in [0.1, 0.15) is 11.3 Å².